The Labute approximate surface area is 185 Å². The number of piperidine rings is 1. The second-order valence-corrected chi connectivity index (χ2v) is 9.82. The van der Waals surface area contributed by atoms with E-state index in [1.807, 2.05) is 30.3 Å². The lowest BCUT2D eigenvalue weighted by molar-refractivity contribution is 0.0441. The van der Waals surface area contributed by atoms with Crippen molar-refractivity contribution in [1.82, 2.24) is 20.0 Å². The number of nitrogens with one attached hydrogen (secondary N) is 1. The molecule has 0 radical (unpaired) electrons. The number of nitrogen functional groups attached to an aromatic ring is 1. The summed E-state index contributed by atoms with van der Waals surface area (Å²) in [6.07, 6.45) is 5.31. The molecule has 0 atom stereocenters. The first-order valence-electron chi connectivity index (χ1n) is 11.0. The Morgan fingerprint density at radius 1 is 1.26 bits per heavy atom. The summed E-state index contributed by atoms with van der Waals surface area (Å²) in [7, 11) is 0. The maximum absolute atomic E-state index is 13.6. The van der Waals surface area contributed by atoms with E-state index in [1.165, 1.54) is 10.9 Å². The van der Waals surface area contributed by atoms with Crippen LogP contribution >= 0.6 is 0 Å². The van der Waals surface area contributed by atoms with E-state index in [4.69, 9.17) is 11.0 Å². The smallest absolute Gasteiger partial charge is 0.254 e. The molecule has 3 rings (SSSR count). The van der Waals surface area contributed by atoms with Crippen molar-refractivity contribution in [3.05, 3.63) is 41.6 Å². The molecule has 2 aromatic rings. The van der Waals surface area contributed by atoms with E-state index in [0.717, 1.165) is 37.9 Å². The highest BCUT2D eigenvalue weighted by Crippen LogP contribution is 2.32. The Morgan fingerprint density at radius 3 is 2.39 bits per heavy atom. The number of unbranched alkanes of at least 4 members (excludes halogenated alkanes) is 1. The van der Waals surface area contributed by atoms with Crippen LogP contribution in [0.25, 0.3) is 5.69 Å². The second kappa shape index (κ2) is 8.72. The van der Waals surface area contributed by atoms with E-state index >= 15 is 0 Å². The van der Waals surface area contributed by atoms with Crippen LogP contribution in [0.3, 0.4) is 0 Å². The normalized spacial score (nSPS) is 17.8. The average molecular weight is 423 g/mol. The number of rotatable bonds is 6. The monoisotopic (exact) mass is 422 g/mol. The van der Waals surface area contributed by atoms with Gasteiger partial charge in [-0.25, -0.2) is 4.68 Å². The summed E-state index contributed by atoms with van der Waals surface area (Å²) in [5, 5.41) is 17.0. The lowest BCUT2D eigenvalue weighted by Gasteiger charge is -2.49. The van der Waals surface area contributed by atoms with Crippen molar-refractivity contribution < 1.29 is 4.79 Å². The van der Waals surface area contributed by atoms with E-state index in [9.17, 15) is 4.79 Å². The first-order valence-corrected chi connectivity index (χ1v) is 11.0. The zero-order chi connectivity index (χ0) is 22.8. The van der Waals surface area contributed by atoms with Gasteiger partial charge in [0.15, 0.2) is 0 Å². The van der Waals surface area contributed by atoms with Gasteiger partial charge in [0.05, 0.1) is 11.9 Å². The van der Waals surface area contributed by atoms with E-state index in [2.05, 4.69) is 49.9 Å². The molecule has 31 heavy (non-hydrogen) atoms. The Hall–Kier alpha value is -2.85. The van der Waals surface area contributed by atoms with Crippen molar-refractivity contribution in [2.75, 3.05) is 12.3 Å². The van der Waals surface area contributed by atoms with Crippen molar-refractivity contribution >= 4 is 11.7 Å². The van der Waals surface area contributed by atoms with Crippen molar-refractivity contribution in [3.63, 3.8) is 0 Å². The van der Waals surface area contributed by atoms with E-state index in [-0.39, 0.29) is 23.0 Å². The molecule has 1 fully saturated rings. The van der Waals surface area contributed by atoms with Gasteiger partial charge in [-0.05, 0) is 71.2 Å². The molecule has 0 saturated carbocycles. The van der Waals surface area contributed by atoms with Crippen LogP contribution in [0.5, 0.6) is 0 Å². The number of nitrogens with zero attached hydrogens (tertiary/aromatic N) is 4. The molecule has 0 spiro atoms. The van der Waals surface area contributed by atoms with Gasteiger partial charge in [-0.15, -0.1) is 0 Å². The number of hydrogen-bond acceptors (Lipinski definition) is 5. The van der Waals surface area contributed by atoms with Gasteiger partial charge in [0.1, 0.15) is 17.5 Å². The molecule has 2 heterocycles. The highest BCUT2D eigenvalue weighted by atomic mass is 16.2. The zero-order valence-electron chi connectivity index (χ0n) is 19.3. The van der Waals surface area contributed by atoms with E-state index < -0.39 is 0 Å². The molecule has 1 aromatic heterocycles. The molecular formula is C24H34N6O. The summed E-state index contributed by atoms with van der Waals surface area (Å²) in [5.41, 5.74) is 7.64. The summed E-state index contributed by atoms with van der Waals surface area (Å²) in [6.45, 7) is 11.7. The second-order valence-electron chi connectivity index (χ2n) is 9.82. The summed E-state index contributed by atoms with van der Waals surface area (Å²) in [6, 6.07) is 9.50. The predicted molar refractivity (Wildman–Crippen MR) is 123 cm³/mol. The molecule has 1 amide bonds. The summed E-state index contributed by atoms with van der Waals surface area (Å²) in [4.78, 5) is 15.6. The average Bonchev–Trinajstić information content (AvgIpc) is 3.06. The molecule has 166 valence electrons. The van der Waals surface area contributed by atoms with Crippen LogP contribution in [0.15, 0.2) is 30.5 Å². The quantitative estimate of drug-likeness (QED) is 0.736. The summed E-state index contributed by atoms with van der Waals surface area (Å²) in [5.74, 6) is 0.356. The fourth-order valence-electron chi connectivity index (χ4n) is 4.83. The van der Waals surface area contributed by atoms with E-state index in [1.54, 1.807) is 0 Å². The molecule has 1 aliphatic rings. The van der Waals surface area contributed by atoms with Gasteiger partial charge < -0.3 is 16.0 Å². The molecule has 7 nitrogen and oxygen atoms in total. The van der Waals surface area contributed by atoms with Gasteiger partial charge in [-0.2, -0.15) is 10.4 Å². The topological polar surface area (TPSA) is 100.0 Å². The van der Waals surface area contributed by atoms with Gasteiger partial charge >= 0.3 is 0 Å². The van der Waals surface area contributed by atoms with Crippen LogP contribution in [-0.4, -0.2) is 44.3 Å². The molecule has 0 aliphatic carbocycles. The third-order valence-electron chi connectivity index (χ3n) is 5.91. The summed E-state index contributed by atoms with van der Waals surface area (Å²) >= 11 is 0. The Bertz CT molecular complexity index is 951. The molecule has 7 heteroatoms. The molecule has 1 saturated heterocycles. The Morgan fingerprint density at radius 2 is 1.87 bits per heavy atom. The number of anilines is 1. The highest BCUT2D eigenvalue weighted by molar-refractivity contribution is 5.94. The van der Waals surface area contributed by atoms with Crippen LogP contribution < -0.4 is 11.1 Å². The minimum absolute atomic E-state index is 0.0307. The molecule has 1 aromatic carbocycles. The molecule has 0 bridgehead atoms. The zero-order valence-corrected chi connectivity index (χ0v) is 19.3. The minimum atomic E-state index is -0.0307. The van der Waals surface area contributed by atoms with Crippen LogP contribution in [0, 0.1) is 11.3 Å². The van der Waals surface area contributed by atoms with Crippen molar-refractivity contribution in [3.8, 4) is 11.8 Å². The third-order valence-corrected chi connectivity index (χ3v) is 5.91. The molecule has 0 unspecified atom stereocenters. The van der Waals surface area contributed by atoms with Gasteiger partial charge in [0, 0.05) is 29.2 Å². The number of nitrogens with two attached hydrogens (primary N) is 1. The first-order chi connectivity index (χ1) is 14.6. The lowest BCUT2D eigenvalue weighted by Crippen LogP contribution is -2.62. The fourth-order valence-corrected chi connectivity index (χ4v) is 4.83. The standard InChI is InChI=1S/C24H34N6O/c1-6-7-12-29(20-13-23(2,3)28-24(4,5)14-20)22(31)17-8-10-19(11-9-17)30-21(26)18(15-25)16-27-30/h8-11,16,20,28H,6-7,12-14,26H2,1-5H3. The van der Waals surface area contributed by atoms with Crippen LogP contribution in [0.4, 0.5) is 5.82 Å². The first kappa shape index (κ1) is 22.8. The van der Waals surface area contributed by atoms with Gasteiger partial charge in [-0.1, -0.05) is 13.3 Å². The number of carbonyl (C=O) groups is 1. The summed E-state index contributed by atoms with van der Waals surface area (Å²) < 4.78 is 1.51. The number of hydrogen-bond donors (Lipinski definition) is 2. The fraction of sp³-hybridized carbons (Fsp3) is 0.542. The highest BCUT2D eigenvalue weighted by Gasteiger charge is 2.41. The minimum Gasteiger partial charge on any atom is -0.382 e. The third kappa shape index (κ3) is 5.08. The lowest BCUT2D eigenvalue weighted by atomic mass is 9.78. The van der Waals surface area contributed by atoms with Crippen LogP contribution in [0.2, 0.25) is 0 Å². The maximum Gasteiger partial charge on any atom is 0.254 e. The number of amides is 1. The Kier molecular flexibility index (Phi) is 6.42. The molecular weight excluding hydrogens is 388 g/mol. The number of carbonyl (C=O) groups excluding carboxylic acids is 1. The Balaban J connectivity index is 1.86. The van der Waals surface area contributed by atoms with Crippen molar-refractivity contribution in [2.24, 2.45) is 0 Å². The number of aromatic nitrogens is 2. The van der Waals surface area contributed by atoms with E-state index in [0.29, 0.717) is 16.9 Å². The largest absolute Gasteiger partial charge is 0.382 e. The van der Waals surface area contributed by atoms with Crippen LogP contribution in [0.1, 0.15) is 76.2 Å². The number of benzene rings is 1. The predicted octanol–water partition coefficient (Wildman–Crippen LogP) is 3.88. The maximum atomic E-state index is 13.6. The van der Waals surface area contributed by atoms with Crippen molar-refractivity contribution in [1.29, 1.82) is 5.26 Å². The number of nitriles is 1. The molecule has 1 aliphatic heterocycles. The van der Waals surface area contributed by atoms with Gasteiger partial charge in [-0.3, -0.25) is 4.79 Å². The van der Waals surface area contributed by atoms with Gasteiger partial charge in [0.25, 0.3) is 5.91 Å². The SMILES string of the molecule is CCCCN(C(=O)c1ccc(-n2ncc(C#N)c2N)cc1)C1CC(C)(C)NC(C)(C)C1. The van der Waals surface area contributed by atoms with Crippen LogP contribution in [-0.2, 0) is 0 Å². The van der Waals surface area contributed by atoms with Crippen molar-refractivity contribution in [2.45, 2.75) is 77.4 Å². The van der Waals surface area contributed by atoms with Gasteiger partial charge in [0.2, 0.25) is 0 Å². The molecule has 3 N–H and O–H groups in total.